The number of urea groups is 1. The number of nitrogens with one attached hydrogen (secondary N) is 1. The number of rotatable bonds is 2. The van der Waals surface area contributed by atoms with E-state index in [1.54, 1.807) is 6.92 Å². The maximum Gasteiger partial charge on any atom is 0.321 e. The van der Waals surface area contributed by atoms with Crippen molar-refractivity contribution in [3.8, 4) is 0 Å². The summed E-state index contributed by atoms with van der Waals surface area (Å²) in [6.45, 7) is 2.14. The lowest BCUT2D eigenvalue weighted by molar-refractivity contribution is -0.150. The SMILES string of the molecule is CC1(C(=O)O)CCCN(C(=O)Nc2cccc(Cl)c2F)C1. The van der Waals surface area contributed by atoms with Crippen LogP contribution in [0, 0.1) is 11.2 Å². The molecule has 2 amide bonds. The molecule has 1 heterocycles. The third-order valence-corrected chi connectivity index (χ3v) is 3.99. The number of aliphatic carboxylic acids is 1. The monoisotopic (exact) mass is 314 g/mol. The predicted molar refractivity (Wildman–Crippen MR) is 77.0 cm³/mol. The molecule has 1 aliphatic heterocycles. The number of piperidine rings is 1. The molecule has 114 valence electrons. The number of amides is 2. The first kappa shape index (κ1) is 15.6. The van der Waals surface area contributed by atoms with Crippen molar-refractivity contribution in [2.45, 2.75) is 19.8 Å². The lowest BCUT2D eigenvalue weighted by Crippen LogP contribution is -2.49. The molecule has 2 N–H and O–H groups in total. The topological polar surface area (TPSA) is 69.6 Å². The molecule has 1 aliphatic rings. The molecule has 0 bridgehead atoms. The summed E-state index contributed by atoms with van der Waals surface area (Å²) in [4.78, 5) is 24.8. The van der Waals surface area contributed by atoms with Crippen LogP contribution in [0.1, 0.15) is 19.8 Å². The first-order valence-corrected chi connectivity index (χ1v) is 6.94. The minimum atomic E-state index is -0.970. The van der Waals surface area contributed by atoms with Gasteiger partial charge < -0.3 is 15.3 Å². The molecule has 5 nitrogen and oxygen atoms in total. The third-order valence-electron chi connectivity index (χ3n) is 3.69. The summed E-state index contributed by atoms with van der Waals surface area (Å²) < 4.78 is 13.8. The van der Waals surface area contributed by atoms with Crippen molar-refractivity contribution in [1.29, 1.82) is 0 Å². The van der Waals surface area contributed by atoms with Gasteiger partial charge in [0, 0.05) is 13.1 Å². The van der Waals surface area contributed by atoms with Crippen LogP contribution in [-0.4, -0.2) is 35.1 Å². The molecule has 1 aromatic rings. The maximum absolute atomic E-state index is 13.8. The van der Waals surface area contributed by atoms with Gasteiger partial charge in [0.25, 0.3) is 0 Å². The molecule has 0 aliphatic carbocycles. The molecule has 2 rings (SSSR count). The summed E-state index contributed by atoms with van der Waals surface area (Å²) in [5.74, 6) is -1.64. The van der Waals surface area contributed by atoms with Crippen LogP contribution in [0.15, 0.2) is 18.2 Å². The number of benzene rings is 1. The smallest absolute Gasteiger partial charge is 0.321 e. The highest BCUT2D eigenvalue weighted by atomic mass is 35.5. The fourth-order valence-electron chi connectivity index (χ4n) is 2.38. The Bertz CT molecular complexity index is 581. The number of carbonyl (C=O) groups is 2. The van der Waals surface area contributed by atoms with E-state index in [0.29, 0.717) is 19.4 Å². The number of carboxylic acids is 1. The molecule has 0 saturated carbocycles. The van der Waals surface area contributed by atoms with Gasteiger partial charge in [0.05, 0.1) is 16.1 Å². The van der Waals surface area contributed by atoms with Gasteiger partial charge in [0.1, 0.15) is 0 Å². The van der Waals surface area contributed by atoms with Gasteiger partial charge in [-0.1, -0.05) is 17.7 Å². The Balaban J connectivity index is 2.10. The van der Waals surface area contributed by atoms with E-state index in [4.69, 9.17) is 11.6 Å². The van der Waals surface area contributed by atoms with E-state index < -0.39 is 23.2 Å². The second-order valence-corrected chi connectivity index (χ2v) is 5.83. The fourth-order valence-corrected chi connectivity index (χ4v) is 2.56. The molecule has 1 aromatic carbocycles. The van der Waals surface area contributed by atoms with Crippen LogP contribution in [0.4, 0.5) is 14.9 Å². The van der Waals surface area contributed by atoms with Gasteiger partial charge in [-0.3, -0.25) is 4.79 Å². The van der Waals surface area contributed by atoms with E-state index >= 15 is 0 Å². The molecule has 1 unspecified atom stereocenters. The second-order valence-electron chi connectivity index (χ2n) is 5.42. The molecule has 7 heteroatoms. The number of likely N-dealkylation sites (tertiary alicyclic amines) is 1. The van der Waals surface area contributed by atoms with E-state index in [1.165, 1.54) is 23.1 Å². The lowest BCUT2D eigenvalue weighted by Gasteiger charge is -2.37. The number of hydrogen-bond acceptors (Lipinski definition) is 2. The maximum atomic E-state index is 13.8. The number of carbonyl (C=O) groups excluding carboxylic acids is 1. The van der Waals surface area contributed by atoms with Crippen molar-refractivity contribution in [2.75, 3.05) is 18.4 Å². The summed E-state index contributed by atoms with van der Waals surface area (Å²) in [6, 6.07) is 3.79. The standard InChI is InChI=1S/C14H16ClFN2O3/c1-14(12(19)20)6-3-7-18(8-14)13(21)17-10-5-2-4-9(15)11(10)16/h2,4-5H,3,6-8H2,1H3,(H,17,21)(H,19,20). The normalized spacial score (nSPS) is 22.0. The summed E-state index contributed by atoms with van der Waals surface area (Å²) >= 11 is 5.65. The van der Waals surface area contributed by atoms with Gasteiger partial charge >= 0.3 is 12.0 Å². The Kier molecular flexibility index (Phi) is 4.37. The zero-order valence-electron chi connectivity index (χ0n) is 11.5. The van der Waals surface area contributed by atoms with E-state index in [9.17, 15) is 19.1 Å². The van der Waals surface area contributed by atoms with Crippen LogP contribution in [-0.2, 0) is 4.79 Å². The molecular weight excluding hydrogens is 299 g/mol. The van der Waals surface area contributed by atoms with Crippen LogP contribution in [0.5, 0.6) is 0 Å². The molecular formula is C14H16ClFN2O3. The first-order valence-electron chi connectivity index (χ1n) is 6.57. The molecule has 1 atom stereocenters. The summed E-state index contributed by atoms with van der Waals surface area (Å²) in [6.07, 6.45) is 1.10. The average molecular weight is 315 g/mol. The van der Waals surface area contributed by atoms with Crippen molar-refractivity contribution < 1.29 is 19.1 Å². The van der Waals surface area contributed by atoms with Gasteiger partial charge in [-0.15, -0.1) is 0 Å². The molecule has 1 fully saturated rings. The quantitative estimate of drug-likeness (QED) is 0.880. The van der Waals surface area contributed by atoms with Crippen molar-refractivity contribution in [3.63, 3.8) is 0 Å². The van der Waals surface area contributed by atoms with Gasteiger partial charge in [-0.2, -0.15) is 0 Å². The molecule has 1 saturated heterocycles. The molecule has 0 spiro atoms. The van der Waals surface area contributed by atoms with E-state index in [-0.39, 0.29) is 17.3 Å². The number of halogens is 2. The zero-order valence-corrected chi connectivity index (χ0v) is 12.3. The highest BCUT2D eigenvalue weighted by Gasteiger charge is 2.39. The van der Waals surface area contributed by atoms with E-state index in [0.717, 1.165) is 0 Å². The number of anilines is 1. The summed E-state index contributed by atoms with van der Waals surface area (Å²) in [5, 5.41) is 11.6. The van der Waals surface area contributed by atoms with Crippen LogP contribution < -0.4 is 5.32 Å². The van der Waals surface area contributed by atoms with Crippen molar-refractivity contribution in [1.82, 2.24) is 4.90 Å². The van der Waals surface area contributed by atoms with Crippen LogP contribution in [0.2, 0.25) is 5.02 Å². The Morgan fingerprint density at radius 3 is 2.86 bits per heavy atom. The highest BCUT2D eigenvalue weighted by molar-refractivity contribution is 6.31. The highest BCUT2D eigenvalue weighted by Crippen LogP contribution is 2.30. The molecule has 21 heavy (non-hydrogen) atoms. The Morgan fingerprint density at radius 1 is 1.48 bits per heavy atom. The van der Waals surface area contributed by atoms with Crippen molar-refractivity contribution in [2.24, 2.45) is 5.41 Å². The number of carboxylic acid groups (broad SMARTS) is 1. The first-order chi connectivity index (χ1) is 9.83. The van der Waals surface area contributed by atoms with E-state index in [2.05, 4.69) is 5.32 Å². The number of nitrogens with zero attached hydrogens (tertiary/aromatic N) is 1. The molecule has 0 radical (unpaired) electrons. The Morgan fingerprint density at radius 2 is 2.19 bits per heavy atom. The van der Waals surface area contributed by atoms with Crippen molar-refractivity contribution >= 4 is 29.3 Å². The second kappa shape index (κ2) is 5.89. The largest absolute Gasteiger partial charge is 0.481 e. The van der Waals surface area contributed by atoms with Gasteiger partial charge in [-0.25, -0.2) is 9.18 Å². The van der Waals surface area contributed by atoms with Gasteiger partial charge in [-0.05, 0) is 31.9 Å². The zero-order chi connectivity index (χ0) is 15.6. The Labute approximate surface area is 126 Å². The number of hydrogen-bond donors (Lipinski definition) is 2. The molecule has 0 aromatic heterocycles. The van der Waals surface area contributed by atoms with Crippen LogP contribution in [0.3, 0.4) is 0 Å². The van der Waals surface area contributed by atoms with Crippen LogP contribution >= 0.6 is 11.6 Å². The van der Waals surface area contributed by atoms with Gasteiger partial charge in [0.15, 0.2) is 5.82 Å². The van der Waals surface area contributed by atoms with E-state index in [1.807, 2.05) is 0 Å². The summed E-state index contributed by atoms with van der Waals surface area (Å²) in [5.41, 5.74) is -0.988. The Hall–Kier alpha value is -1.82. The fraction of sp³-hybridized carbons (Fsp3) is 0.429. The van der Waals surface area contributed by atoms with Gasteiger partial charge in [0.2, 0.25) is 0 Å². The minimum Gasteiger partial charge on any atom is -0.481 e. The van der Waals surface area contributed by atoms with Crippen molar-refractivity contribution in [3.05, 3.63) is 29.0 Å². The summed E-state index contributed by atoms with van der Waals surface area (Å²) in [7, 11) is 0. The third kappa shape index (κ3) is 3.26. The average Bonchev–Trinajstić information content (AvgIpc) is 2.43. The predicted octanol–water partition coefficient (Wildman–Crippen LogP) is 3.20. The minimum absolute atomic E-state index is 0.0184. The lowest BCUT2D eigenvalue weighted by atomic mass is 9.82. The van der Waals surface area contributed by atoms with Crippen LogP contribution in [0.25, 0.3) is 0 Å².